The fourth-order valence-corrected chi connectivity index (χ4v) is 2.78. The number of morpholine rings is 1. The van der Waals surface area contributed by atoms with E-state index in [9.17, 15) is 4.79 Å². The maximum absolute atomic E-state index is 11.1. The molecule has 0 saturated carbocycles. The summed E-state index contributed by atoms with van der Waals surface area (Å²) in [6.07, 6.45) is 0.0741. The third-order valence-electron chi connectivity index (χ3n) is 3.63. The van der Waals surface area contributed by atoms with E-state index >= 15 is 0 Å². The number of carbonyl (C=O) groups is 1. The molecule has 0 aliphatic carbocycles. The lowest BCUT2D eigenvalue weighted by Gasteiger charge is -2.35. The molecule has 1 aromatic rings. The average Bonchev–Trinajstić information content (AvgIpc) is 2.38. The molecule has 0 aromatic heterocycles. The van der Waals surface area contributed by atoms with Gasteiger partial charge in [0.25, 0.3) is 0 Å². The third-order valence-corrected chi connectivity index (χ3v) is 3.87. The average molecular weight is 298 g/mol. The number of hydrogen-bond donors (Lipinski definition) is 1. The van der Waals surface area contributed by atoms with Gasteiger partial charge in [-0.2, -0.15) is 0 Å². The van der Waals surface area contributed by atoms with Crippen LogP contribution in [-0.4, -0.2) is 37.4 Å². The quantitative estimate of drug-likeness (QED) is 0.928. The number of carboxylic acid groups (broad SMARTS) is 1. The zero-order valence-corrected chi connectivity index (χ0v) is 12.6. The maximum atomic E-state index is 11.1. The summed E-state index contributed by atoms with van der Waals surface area (Å²) in [5, 5.41) is 9.75. The monoisotopic (exact) mass is 297 g/mol. The largest absolute Gasteiger partial charge is 0.481 e. The number of benzene rings is 1. The minimum atomic E-state index is -0.803. The first kappa shape index (κ1) is 15.1. The van der Waals surface area contributed by atoms with E-state index in [4.69, 9.17) is 21.4 Å². The van der Waals surface area contributed by atoms with Gasteiger partial charge >= 0.3 is 5.97 Å². The van der Waals surface area contributed by atoms with Crippen molar-refractivity contribution >= 4 is 23.3 Å². The molecular formula is C15H20ClNO3. The van der Waals surface area contributed by atoms with Crippen LogP contribution in [0.15, 0.2) is 18.2 Å². The van der Waals surface area contributed by atoms with Crippen LogP contribution in [0, 0.1) is 0 Å². The van der Waals surface area contributed by atoms with Gasteiger partial charge in [0.15, 0.2) is 0 Å². The second-order valence-corrected chi connectivity index (χ2v) is 6.15. The van der Waals surface area contributed by atoms with Crippen LogP contribution >= 0.6 is 11.6 Å². The number of rotatable bonds is 4. The van der Waals surface area contributed by atoms with Gasteiger partial charge in [0.05, 0.1) is 19.6 Å². The Morgan fingerprint density at radius 1 is 1.40 bits per heavy atom. The highest BCUT2D eigenvalue weighted by atomic mass is 35.5. The Labute approximate surface area is 124 Å². The minimum absolute atomic E-state index is 0.0741. The molecule has 0 spiro atoms. The molecule has 1 heterocycles. The summed E-state index contributed by atoms with van der Waals surface area (Å²) in [7, 11) is 0. The van der Waals surface area contributed by atoms with E-state index in [-0.39, 0.29) is 6.42 Å². The molecule has 110 valence electrons. The van der Waals surface area contributed by atoms with E-state index in [0.29, 0.717) is 18.2 Å². The highest BCUT2D eigenvalue weighted by molar-refractivity contribution is 6.30. The fraction of sp³-hybridized carbons (Fsp3) is 0.533. The lowest BCUT2D eigenvalue weighted by molar-refractivity contribution is -0.138. The topological polar surface area (TPSA) is 49.8 Å². The van der Waals surface area contributed by atoms with Crippen LogP contribution in [0.2, 0.25) is 5.02 Å². The molecule has 1 saturated heterocycles. The molecule has 2 rings (SSSR count). The van der Waals surface area contributed by atoms with Crippen LogP contribution in [0.5, 0.6) is 0 Å². The predicted molar refractivity (Wildman–Crippen MR) is 79.8 cm³/mol. The van der Waals surface area contributed by atoms with E-state index < -0.39 is 11.4 Å². The fourth-order valence-electron chi connectivity index (χ4n) is 2.60. The SMILES string of the molecule is CC(C)(CC(=O)O)c1cc(Cl)ccc1N1CCOCC1. The molecule has 1 aliphatic rings. The van der Waals surface area contributed by atoms with Gasteiger partial charge in [-0.05, 0) is 23.8 Å². The number of ether oxygens (including phenoxy) is 1. The Morgan fingerprint density at radius 2 is 2.05 bits per heavy atom. The van der Waals surface area contributed by atoms with Gasteiger partial charge in [0.1, 0.15) is 0 Å². The van der Waals surface area contributed by atoms with Crippen molar-refractivity contribution < 1.29 is 14.6 Å². The third kappa shape index (κ3) is 3.44. The number of hydrogen-bond acceptors (Lipinski definition) is 3. The second-order valence-electron chi connectivity index (χ2n) is 5.72. The number of anilines is 1. The highest BCUT2D eigenvalue weighted by Crippen LogP contribution is 2.37. The molecule has 1 fully saturated rings. The summed E-state index contributed by atoms with van der Waals surface area (Å²) in [6, 6.07) is 5.72. The van der Waals surface area contributed by atoms with Gasteiger partial charge in [-0.15, -0.1) is 0 Å². The minimum Gasteiger partial charge on any atom is -0.481 e. The van der Waals surface area contributed by atoms with Gasteiger partial charge in [-0.3, -0.25) is 4.79 Å². The summed E-state index contributed by atoms with van der Waals surface area (Å²) >= 11 is 6.11. The van der Waals surface area contributed by atoms with E-state index in [1.165, 1.54) is 0 Å². The van der Waals surface area contributed by atoms with Crippen molar-refractivity contribution in [2.24, 2.45) is 0 Å². The molecule has 1 N–H and O–H groups in total. The summed E-state index contributed by atoms with van der Waals surface area (Å²) in [4.78, 5) is 13.3. The van der Waals surface area contributed by atoms with Crippen LogP contribution < -0.4 is 4.90 Å². The smallest absolute Gasteiger partial charge is 0.304 e. The van der Waals surface area contributed by atoms with E-state index in [1.54, 1.807) is 0 Å². The first-order chi connectivity index (χ1) is 9.40. The first-order valence-corrected chi connectivity index (χ1v) is 7.12. The predicted octanol–water partition coefficient (Wildman–Crippen LogP) is 2.93. The molecule has 20 heavy (non-hydrogen) atoms. The molecule has 0 unspecified atom stereocenters. The lowest BCUT2D eigenvalue weighted by Crippen LogP contribution is -2.38. The highest BCUT2D eigenvalue weighted by Gasteiger charge is 2.29. The first-order valence-electron chi connectivity index (χ1n) is 6.75. The lowest BCUT2D eigenvalue weighted by atomic mass is 9.80. The molecule has 0 amide bonds. The Hall–Kier alpha value is -1.26. The Bertz CT molecular complexity index is 496. The molecule has 1 aliphatic heterocycles. The molecule has 0 atom stereocenters. The van der Waals surface area contributed by atoms with Gasteiger partial charge in [0.2, 0.25) is 0 Å². The molecule has 5 heteroatoms. The number of nitrogens with zero attached hydrogens (tertiary/aromatic N) is 1. The van der Waals surface area contributed by atoms with Crippen LogP contribution in [-0.2, 0) is 14.9 Å². The Morgan fingerprint density at radius 3 is 2.65 bits per heavy atom. The van der Waals surface area contributed by atoms with Crippen molar-refractivity contribution in [3.63, 3.8) is 0 Å². The zero-order chi connectivity index (χ0) is 14.8. The zero-order valence-electron chi connectivity index (χ0n) is 11.9. The molecular weight excluding hydrogens is 278 g/mol. The van der Waals surface area contributed by atoms with Crippen LogP contribution in [0.4, 0.5) is 5.69 Å². The summed E-state index contributed by atoms with van der Waals surface area (Å²) < 4.78 is 5.37. The van der Waals surface area contributed by atoms with Crippen LogP contribution in [0.25, 0.3) is 0 Å². The normalized spacial score (nSPS) is 16.2. The summed E-state index contributed by atoms with van der Waals surface area (Å²) in [6.45, 7) is 6.91. The number of carboxylic acids is 1. The van der Waals surface area contributed by atoms with E-state index in [2.05, 4.69) is 4.90 Å². The second kappa shape index (κ2) is 6.02. The number of halogens is 1. The van der Waals surface area contributed by atoms with Crippen molar-refractivity contribution in [2.45, 2.75) is 25.7 Å². The standard InChI is InChI=1S/C15H20ClNO3/c1-15(2,10-14(18)19)12-9-11(16)3-4-13(12)17-5-7-20-8-6-17/h3-4,9H,5-8,10H2,1-2H3,(H,18,19). The van der Waals surface area contributed by atoms with Gasteiger partial charge in [-0.1, -0.05) is 25.4 Å². The molecule has 4 nitrogen and oxygen atoms in total. The van der Waals surface area contributed by atoms with Crippen LogP contribution in [0.1, 0.15) is 25.8 Å². The van der Waals surface area contributed by atoms with Gasteiger partial charge in [0, 0.05) is 29.2 Å². The van der Waals surface area contributed by atoms with Crippen molar-refractivity contribution in [3.05, 3.63) is 28.8 Å². The van der Waals surface area contributed by atoms with Crippen molar-refractivity contribution in [3.8, 4) is 0 Å². The Kier molecular flexibility index (Phi) is 4.55. The van der Waals surface area contributed by atoms with Crippen molar-refractivity contribution in [1.82, 2.24) is 0 Å². The van der Waals surface area contributed by atoms with Crippen molar-refractivity contribution in [1.29, 1.82) is 0 Å². The van der Waals surface area contributed by atoms with Gasteiger partial charge < -0.3 is 14.7 Å². The summed E-state index contributed by atoms with van der Waals surface area (Å²) in [5.74, 6) is -0.803. The molecule has 0 bridgehead atoms. The molecule has 1 aromatic carbocycles. The molecule has 0 radical (unpaired) electrons. The van der Waals surface area contributed by atoms with Crippen molar-refractivity contribution in [2.75, 3.05) is 31.2 Å². The van der Waals surface area contributed by atoms with E-state index in [0.717, 1.165) is 24.3 Å². The Balaban J connectivity index is 2.39. The summed E-state index contributed by atoms with van der Waals surface area (Å²) in [5.41, 5.74) is 1.57. The van der Waals surface area contributed by atoms with Gasteiger partial charge in [-0.25, -0.2) is 0 Å². The van der Waals surface area contributed by atoms with Crippen LogP contribution in [0.3, 0.4) is 0 Å². The maximum Gasteiger partial charge on any atom is 0.304 e. The number of aliphatic carboxylic acids is 1. The van der Waals surface area contributed by atoms with E-state index in [1.807, 2.05) is 32.0 Å².